The Kier molecular flexibility index (Phi) is 2.72. The van der Waals surface area contributed by atoms with Crippen LogP contribution in [0.15, 0.2) is 24.8 Å². The highest BCUT2D eigenvalue weighted by Crippen LogP contribution is 2.20. The zero-order valence-corrected chi connectivity index (χ0v) is 6.73. The summed E-state index contributed by atoms with van der Waals surface area (Å²) in [5.41, 5.74) is 4.96. The molecule has 0 aromatic heterocycles. The van der Waals surface area contributed by atoms with E-state index in [1.165, 1.54) is 6.08 Å². The van der Waals surface area contributed by atoms with Crippen molar-refractivity contribution in [3.8, 4) is 0 Å². The van der Waals surface area contributed by atoms with Gasteiger partial charge in [-0.15, -0.1) is 6.58 Å². The van der Waals surface area contributed by atoms with Gasteiger partial charge < -0.3 is 5.73 Å². The highest BCUT2D eigenvalue weighted by Gasteiger charge is 2.15. The van der Waals surface area contributed by atoms with E-state index in [0.29, 0.717) is 12.1 Å². The lowest BCUT2D eigenvalue weighted by Gasteiger charge is -2.08. The Hall–Kier alpha value is -1.29. The summed E-state index contributed by atoms with van der Waals surface area (Å²) < 4.78 is 38.3. The number of nitrogens with two attached hydrogens (primary N) is 1. The molecule has 1 nitrogen and oxygen atoms in total. The van der Waals surface area contributed by atoms with Crippen molar-refractivity contribution in [2.45, 2.75) is 6.04 Å². The summed E-state index contributed by atoms with van der Waals surface area (Å²) in [6, 6.07) is 0.212. The van der Waals surface area contributed by atoms with Crippen molar-refractivity contribution in [1.29, 1.82) is 0 Å². The van der Waals surface area contributed by atoms with Crippen molar-refractivity contribution >= 4 is 0 Å². The van der Waals surface area contributed by atoms with Crippen LogP contribution in [-0.4, -0.2) is 0 Å². The third-order valence-electron chi connectivity index (χ3n) is 1.63. The molecule has 13 heavy (non-hydrogen) atoms. The molecule has 0 radical (unpaired) electrons. The maximum Gasteiger partial charge on any atom is 0.134 e. The van der Waals surface area contributed by atoms with Crippen LogP contribution in [0, 0.1) is 17.5 Å². The quantitative estimate of drug-likeness (QED) is 0.706. The zero-order chi connectivity index (χ0) is 10.0. The second-order valence-corrected chi connectivity index (χ2v) is 2.54. The number of rotatable bonds is 2. The minimum absolute atomic E-state index is 0.364. The lowest BCUT2D eigenvalue weighted by molar-refractivity contribution is 0.517. The first-order chi connectivity index (χ1) is 6.06. The first-order valence-electron chi connectivity index (χ1n) is 3.59. The summed E-state index contributed by atoms with van der Waals surface area (Å²) in [5.74, 6) is -2.95. The van der Waals surface area contributed by atoms with Gasteiger partial charge in [0.2, 0.25) is 0 Å². The van der Waals surface area contributed by atoms with Gasteiger partial charge in [0, 0.05) is 17.7 Å². The van der Waals surface area contributed by atoms with E-state index in [-0.39, 0.29) is 5.56 Å². The van der Waals surface area contributed by atoms with Crippen molar-refractivity contribution in [3.63, 3.8) is 0 Å². The van der Waals surface area contributed by atoms with Crippen LogP contribution in [0.4, 0.5) is 13.2 Å². The number of halogens is 3. The van der Waals surface area contributed by atoms with Crippen LogP contribution in [0.5, 0.6) is 0 Å². The van der Waals surface area contributed by atoms with Crippen LogP contribution in [0.25, 0.3) is 0 Å². The third-order valence-corrected chi connectivity index (χ3v) is 1.63. The second-order valence-electron chi connectivity index (χ2n) is 2.54. The topological polar surface area (TPSA) is 26.0 Å². The maximum atomic E-state index is 12.9. The van der Waals surface area contributed by atoms with Gasteiger partial charge >= 0.3 is 0 Å². The standard InChI is InChI=1S/C9H8F3N/c1-2-8(13)9-6(11)3-5(10)4-7(9)12/h2-4,8H,1,13H2/t8-/m1/s1. The van der Waals surface area contributed by atoms with E-state index >= 15 is 0 Å². The fourth-order valence-electron chi connectivity index (χ4n) is 0.990. The molecule has 2 N–H and O–H groups in total. The molecule has 0 unspecified atom stereocenters. The molecule has 0 heterocycles. The normalized spacial score (nSPS) is 12.6. The molecule has 0 fully saturated rings. The van der Waals surface area contributed by atoms with E-state index in [2.05, 4.69) is 6.58 Å². The molecular weight excluding hydrogens is 179 g/mol. The minimum Gasteiger partial charge on any atom is -0.321 e. The molecule has 0 aliphatic rings. The third kappa shape index (κ3) is 1.89. The van der Waals surface area contributed by atoms with Gasteiger partial charge in [0.1, 0.15) is 17.5 Å². The van der Waals surface area contributed by atoms with Gasteiger partial charge in [-0.2, -0.15) is 0 Å². The summed E-state index contributed by atoms with van der Waals surface area (Å²) in [7, 11) is 0. The molecule has 1 aromatic carbocycles. The lowest BCUT2D eigenvalue weighted by atomic mass is 10.1. The maximum absolute atomic E-state index is 12.9. The van der Waals surface area contributed by atoms with Crippen LogP contribution in [0.1, 0.15) is 11.6 Å². The van der Waals surface area contributed by atoms with Gasteiger partial charge in [-0.3, -0.25) is 0 Å². The Balaban J connectivity index is 3.28. The van der Waals surface area contributed by atoms with Crippen molar-refractivity contribution in [2.24, 2.45) is 5.73 Å². The van der Waals surface area contributed by atoms with Crippen LogP contribution < -0.4 is 5.73 Å². The molecule has 0 spiro atoms. The molecule has 0 saturated carbocycles. The van der Waals surface area contributed by atoms with Crippen LogP contribution in [0.2, 0.25) is 0 Å². The van der Waals surface area contributed by atoms with Gasteiger partial charge in [0.05, 0.1) is 6.04 Å². The molecule has 1 atom stereocenters. The SMILES string of the molecule is C=C[C@@H](N)c1c(F)cc(F)cc1F. The number of hydrogen-bond acceptors (Lipinski definition) is 1. The average molecular weight is 187 g/mol. The molecule has 0 aliphatic heterocycles. The van der Waals surface area contributed by atoms with E-state index in [0.717, 1.165) is 0 Å². The van der Waals surface area contributed by atoms with Crippen molar-refractivity contribution in [2.75, 3.05) is 0 Å². The van der Waals surface area contributed by atoms with E-state index in [1.54, 1.807) is 0 Å². The van der Waals surface area contributed by atoms with Crippen LogP contribution >= 0.6 is 0 Å². The molecule has 0 bridgehead atoms. The number of hydrogen-bond donors (Lipinski definition) is 1. The van der Waals surface area contributed by atoms with Crippen molar-refractivity contribution in [3.05, 3.63) is 47.8 Å². The fourth-order valence-corrected chi connectivity index (χ4v) is 0.990. The molecule has 1 aromatic rings. The largest absolute Gasteiger partial charge is 0.321 e. The predicted molar refractivity (Wildman–Crippen MR) is 43.4 cm³/mol. The van der Waals surface area contributed by atoms with Crippen molar-refractivity contribution in [1.82, 2.24) is 0 Å². The summed E-state index contributed by atoms with van der Waals surface area (Å²) in [6.45, 7) is 3.29. The molecule has 70 valence electrons. The molecule has 0 saturated heterocycles. The van der Waals surface area contributed by atoms with Crippen LogP contribution in [-0.2, 0) is 0 Å². The number of benzene rings is 1. The molecular formula is C9H8F3N. The summed E-state index contributed by atoms with van der Waals surface area (Å²) >= 11 is 0. The first kappa shape index (κ1) is 9.80. The monoisotopic (exact) mass is 187 g/mol. The van der Waals surface area contributed by atoms with Gasteiger partial charge in [0.25, 0.3) is 0 Å². The Bertz CT molecular complexity index is 313. The summed E-state index contributed by atoms with van der Waals surface area (Å²) in [4.78, 5) is 0. The van der Waals surface area contributed by atoms with Gasteiger partial charge in [-0.1, -0.05) is 6.08 Å². The van der Waals surface area contributed by atoms with E-state index in [1.807, 2.05) is 0 Å². The molecule has 4 heteroatoms. The minimum atomic E-state index is -0.995. The second kappa shape index (κ2) is 3.62. The average Bonchev–Trinajstić information content (AvgIpc) is 2.02. The van der Waals surface area contributed by atoms with Crippen molar-refractivity contribution < 1.29 is 13.2 Å². The van der Waals surface area contributed by atoms with E-state index in [4.69, 9.17) is 5.73 Å². The Morgan fingerprint density at radius 1 is 1.23 bits per heavy atom. The van der Waals surface area contributed by atoms with Gasteiger partial charge in [0.15, 0.2) is 0 Å². The summed E-state index contributed by atoms with van der Waals surface area (Å²) in [5, 5.41) is 0. The predicted octanol–water partition coefficient (Wildman–Crippen LogP) is 2.29. The van der Waals surface area contributed by atoms with Crippen LogP contribution in [0.3, 0.4) is 0 Å². The lowest BCUT2D eigenvalue weighted by Crippen LogP contribution is -2.11. The smallest absolute Gasteiger partial charge is 0.134 e. The Morgan fingerprint density at radius 3 is 2.08 bits per heavy atom. The fraction of sp³-hybridized carbons (Fsp3) is 0.111. The highest BCUT2D eigenvalue weighted by molar-refractivity contribution is 5.26. The highest BCUT2D eigenvalue weighted by atomic mass is 19.1. The van der Waals surface area contributed by atoms with E-state index in [9.17, 15) is 13.2 Å². The Morgan fingerprint density at radius 2 is 1.69 bits per heavy atom. The Labute approximate surface area is 73.7 Å². The molecule has 0 aliphatic carbocycles. The van der Waals surface area contributed by atoms with Gasteiger partial charge in [-0.25, -0.2) is 13.2 Å². The molecule has 0 amide bonds. The summed E-state index contributed by atoms with van der Waals surface area (Å²) in [6.07, 6.45) is 1.18. The first-order valence-corrected chi connectivity index (χ1v) is 3.59. The van der Waals surface area contributed by atoms with Gasteiger partial charge in [-0.05, 0) is 0 Å². The zero-order valence-electron chi connectivity index (χ0n) is 6.73. The van der Waals surface area contributed by atoms with E-state index < -0.39 is 23.5 Å². The molecule has 1 rings (SSSR count).